The highest BCUT2D eigenvalue weighted by Crippen LogP contribution is 2.47. The number of hydrogen-bond donors (Lipinski definition) is 1. The molecule has 0 amide bonds. The molecule has 0 saturated carbocycles. The summed E-state index contributed by atoms with van der Waals surface area (Å²) in [5, 5.41) is 13.8. The molecule has 0 unspecified atom stereocenters. The maximum Gasteiger partial charge on any atom is 0.0971 e. The number of rotatable bonds is 5. The predicted molar refractivity (Wildman–Crippen MR) is 217 cm³/mol. The van der Waals surface area contributed by atoms with Gasteiger partial charge in [0, 0.05) is 33.6 Å². The summed E-state index contributed by atoms with van der Waals surface area (Å²) in [6.45, 7) is 0.862. The number of fused-ring (bicyclic) bond motifs is 8. The zero-order chi connectivity index (χ0) is 33.0. The van der Waals surface area contributed by atoms with Crippen molar-refractivity contribution in [1.82, 2.24) is 0 Å². The Kier molecular flexibility index (Phi) is 6.78. The number of nitrogens with one attached hydrogen (secondary N) is 1. The van der Waals surface area contributed by atoms with E-state index in [9.17, 15) is 0 Å². The summed E-state index contributed by atoms with van der Waals surface area (Å²) in [5.41, 5.74) is 9.57. The van der Waals surface area contributed by atoms with Gasteiger partial charge in [0.25, 0.3) is 0 Å². The van der Waals surface area contributed by atoms with E-state index in [1.54, 1.807) is 0 Å². The molecule has 2 nitrogen and oxygen atoms in total. The molecular weight excluding hydrogens is 625 g/mol. The molecule has 2 heterocycles. The van der Waals surface area contributed by atoms with Crippen LogP contribution < -0.4 is 10.2 Å². The van der Waals surface area contributed by atoms with E-state index in [1.807, 2.05) is 11.3 Å². The minimum Gasteiger partial charge on any atom is -0.373 e. The average molecular weight is 657 g/mol. The van der Waals surface area contributed by atoms with Crippen molar-refractivity contribution in [3.05, 3.63) is 175 Å². The van der Waals surface area contributed by atoms with Gasteiger partial charge < -0.3 is 10.2 Å². The van der Waals surface area contributed by atoms with Crippen LogP contribution in [-0.4, -0.2) is 6.54 Å². The molecule has 0 saturated heterocycles. The third-order valence-corrected chi connectivity index (χ3v) is 11.2. The predicted octanol–water partition coefficient (Wildman–Crippen LogP) is 13.6. The SMILES string of the molecule is C1=Cc2c(sc3cccc(N(c4ccc(-c5ccccc5)cc4)c4ccc(-c5cc6ccc7ccccc7c6c6ccccc56)cc4)c23)NC1. The highest BCUT2D eigenvalue weighted by atomic mass is 32.1. The molecule has 0 spiro atoms. The molecule has 236 valence electrons. The van der Waals surface area contributed by atoms with Crippen molar-refractivity contribution in [3.8, 4) is 22.3 Å². The molecule has 3 heteroatoms. The Labute approximate surface area is 295 Å². The Morgan fingerprint density at radius 1 is 0.500 bits per heavy atom. The van der Waals surface area contributed by atoms with Crippen molar-refractivity contribution in [3.63, 3.8) is 0 Å². The second-order valence-electron chi connectivity index (χ2n) is 12.9. The molecule has 50 heavy (non-hydrogen) atoms. The van der Waals surface area contributed by atoms with Crippen LogP contribution in [0.3, 0.4) is 0 Å². The Morgan fingerprint density at radius 2 is 1.16 bits per heavy atom. The minimum absolute atomic E-state index is 0.862. The smallest absolute Gasteiger partial charge is 0.0971 e. The molecule has 1 aromatic heterocycles. The minimum atomic E-state index is 0.862. The second kappa shape index (κ2) is 11.8. The summed E-state index contributed by atoms with van der Waals surface area (Å²) in [6.07, 6.45) is 4.50. The molecule has 0 aliphatic carbocycles. The van der Waals surface area contributed by atoms with Gasteiger partial charge in [-0.3, -0.25) is 0 Å². The van der Waals surface area contributed by atoms with Crippen LogP contribution in [0.4, 0.5) is 22.1 Å². The lowest BCUT2D eigenvalue weighted by Crippen LogP contribution is -2.10. The standard InChI is InChI=1S/C47H32N2S/c1-2-10-31(11-3-1)32-21-25-36(26-22-32)49(43-17-8-18-44-46(43)41-16-9-29-48-47(41)50-44)37-27-23-34(24-28-37)42-30-35-20-19-33-12-4-5-13-38(33)45(35)40-15-7-6-14-39(40)42/h1-28,30,48H,29H2. The maximum absolute atomic E-state index is 3.60. The third kappa shape index (κ3) is 4.70. The fourth-order valence-electron chi connectivity index (χ4n) is 7.73. The van der Waals surface area contributed by atoms with Crippen molar-refractivity contribution in [2.24, 2.45) is 0 Å². The number of benzene rings is 8. The van der Waals surface area contributed by atoms with Crippen molar-refractivity contribution in [1.29, 1.82) is 0 Å². The molecule has 0 atom stereocenters. The molecule has 1 N–H and O–H groups in total. The number of anilines is 4. The first-order valence-corrected chi connectivity index (χ1v) is 18.0. The third-order valence-electron chi connectivity index (χ3n) is 10.1. The van der Waals surface area contributed by atoms with Crippen LogP contribution in [0, 0.1) is 0 Å². The van der Waals surface area contributed by atoms with Crippen LogP contribution >= 0.6 is 11.3 Å². The summed E-state index contributed by atoms with van der Waals surface area (Å²) >= 11 is 1.83. The molecule has 8 aromatic carbocycles. The van der Waals surface area contributed by atoms with E-state index in [1.165, 1.54) is 80.9 Å². The van der Waals surface area contributed by atoms with E-state index < -0.39 is 0 Å². The van der Waals surface area contributed by atoms with Crippen molar-refractivity contribution < 1.29 is 0 Å². The Morgan fingerprint density at radius 3 is 1.96 bits per heavy atom. The van der Waals surface area contributed by atoms with Crippen LogP contribution in [0.1, 0.15) is 5.56 Å². The molecule has 1 aliphatic heterocycles. The van der Waals surface area contributed by atoms with Gasteiger partial charge in [-0.15, -0.1) is 11.3 Å². The molecule has 1 aliphatic rings. The van der Waals surface area contributed by atoms with Gasteiger partial charge in [-0.05, 0) is 97.0 Å². The van der Waals surface area contributed by atoms with Crippen LogP contribution in [0.2, 0.25) is 0 Å². The Hall–Kier alpha value is -6.16. The van der Waals surface area contributed by atoms with E-state index in [0.717, 1.165) is 17.9 Å². The summed E-state index contributed by atoms with van der Waals surface area (Å²) in [6, 6.07) is 59.9. The second-order valence-corrected chi connectivity index (χ2v) is 14.0. The van der Waals surface area contributed by atoms with Gasteiger partial charge in [0.15, 0.2) is 0 Å². The van der Waals surface area contributed by atoms with Crippen LogP contribution in [-0.2, 0) is 0 Å². The van der Waals surface area contributed by atoms with Gasteiger partial charge in [0.1, 0.15) is 0 Å². The van der Waals surface area contributed by atoms with Gasteiger partial charge >= 0.3 is 0 Å². The van der Waals surface area contributed by atoms with E-state index >= 15 is 0 Å². The Balaban J connectivity index is 1.14. The van der Waals surface area contributed by atoms with Crippen LogP contribution in [0.15, 0.2) is 170 Å². The van der Waals surface area contributed by atoms with E-state index in [2.05, 4.69) is 186 Å². The fourth-order valence-corrected chi connectivity index (χ4v) is 8.85. The summed E-state index contributed by atoms with van der Waals surface area (Å²) in [7, 11) is 0. The fraction of sp³-hybridized carbons (Fsp3) is 0.0213. The monoisotopic (exact) mass is 656 g/mol. The first-order valence-electron chi connectivity index (χ1n) is 17.2. The summed E-state index contributed by atoms with van der Waals surface area (Å²) in [4.78, 5) is 2.42. The van der Waals surface area contributed by atoms with Gasteiger partial charge in [-0.1, -0.05) is 133 Å². The lowest BCUT2D eigenvalue weighted by Gasteiger charge is -2.27. The van der Waals surface area contributed by atoms with Crippen molar-refractivity contribution >= 4 is 81.9 Å². The summed E-state index contributed by atoms with van der Waals surface area (Å²) in [5.74, 6) is 0. The molecule has 0 fully saturated rings. The van der Waals surface area contributed by atoms with E-state index in [4.69, 9.17) is 0 Å². The normalized spacial score (nSPS) is 12.4. The number of thiophene rings is 1. The Bertz CT molecular complexity index is 2740. The average Bonchev–Trinajstić information content (AvgIpc) is 3.58. The highest BCUT2D eigenvalue weighted by Gasteiger charge is 2.21. The van der Waals surface area contributed by atoms with E-state index in [0.29, 0.717) is 0 Å². The largest absolute Gasteiger partial charge is 0.373 e. The molecule has 9 aromatic rings. The first kappa shape index (κ1) is 28.8. The lowest BCUT2D eigenvalue weighted by atomic mass is 9.90. The molecule has 0 radical (unpaired) electrons. The van der Waals surface area contributed by atoms with Crippen molar-refractivity contribution in [2.75, 3.05) is 16.8 Å². The van der Waals surface area contributed by atoms with Crippen molar-refractivity contribution in [2.45, 2.75) is 0 Å². The van der Waals surface area contributed by atoms with Gasteiger partial charge in [-0.2, -0.15) is 0 Å². The summed E-state index contributed by atoms with van der Waals surface area (Å²) < 4.78 is 1.28. The topological polar surface area (TPSA) is 15.3 Å². The van der Waals surface area contributed by atoms with Gasteiger partial charge in [0.05, 0.1) is 10.7 Å². The highest BCUT2D eigenvalue weighted by molar-refractivity contribution is 7.23. The van der Waals surface area contributed by atoms with Crippen LogP contribution in [0.25, 0.3) is 70.7 Å². The zero-order valence-corrected chi connectivity index (χ0v) is 28.1. The molecular formula is C47H32N2S. The number of nitrogens with zero attached hydrogens (tertiary/aromatic N) is 1. The first-order chi connectivity index (χ1) is 24.8. The van der Waals surface area contributed by atoms with Gasteiger partial charge in [-0.25, -0.2) is 0 Å². The van der Waals surface area contributed by atoms with E-state index in [-0.39, 0.29) is 0 Å². The maximum atomic E-state index is 3.60. The zero-order valence-electron chi connectivity index (χ0n) is 27.3. The van der Waals surface area contributed by atoms with Crippen LogP contribution in [0.5, 0.6) is 0 Å². The number of hydrogen-bond acceptors (Lipinski definition) is 3. The lowest BCUT2D eigenvalue weighted by molar-refractivity contribution is 1.30. The molecule has 0 bridgehead atoms. The molecule has 10 rings (SSSR count). The quantitative estimate of drug-likeness (QED) is 0.186. The van der Waals surface area contributed by atoms with Gasteiger partial charge in [0.2, 0.25) is 0 Å².